The van der Waals surface area contributed by atoms with Crippen molar-refractivity contribution < 1.29 is 0 Å². The van der Waals surface area contributed by atoms with E-state index in [1.807, 2.05) is 13.0 Å². The van der Waals surface area contributed by atoms with Crippen LogP contribution in [0.5, 0.6) is 0 Å². The lowest BCUT2D eigenvalue weighted by Crippen LogP contribution is -1.94. The molecular formula is C8H9N3S. The Labute approximate surface area is 74.0 Å². The van der Waals surface area contributed by atoms with Crippen molar-refractivity contribution in [3.8, 4) is 0 Å². The number of nitrogens with two attached hydrogens (primary N) is 2. The molecule has 0 amide bonds. The molecule has 2 aromatic heterocycles. The van der Waals surface area contributed by atoms with E-state index in [4.69, 9.17) is 11.5 Å². The van der Waals surface area contributed by atoms with Gasteiger partial charge in [-0.05, 0) is 13.0 Å². The summed E-state index contributed by atoms with van der Waals surface area (Å²) >= 11 is 1.63. The van der Waals surface area contributed by atoms with E-state index in [1.165, 1.54) is 4.88 Å². The summed E-state index contributed by atoms with van der Waals surface area (Å²) in [5.41, 5.74) is 13.5. The SMILES string of the molecule is Cc1cc2ncc(N)c(N)c2s1. The Balaban J connectivity index is 2.89. The van der Waals surface area contributed by atoms with E-state index in [1.54, 1.807) is 17.5 Å². The van der Waals surface area contributed by atoms with E-state index in [0.29, 0.717) is 11.4 Å². The van der Waals surface area contributed by atoms with Gasteiger partial charge in [-0.3, -0.25) is 4.98 Å². The minimum atomic E-state index is 0.560. The molecule has 0 aromatic carbocycles. The fourth-order valence-electron chi connectivity index (χ4n) is 1.13. The van der Waals surface area contributed by atoms with Crippen molar-refractivity contribution in [2.75, 3.05) is 11.5 Å². The molecule has 0 aliphatic rings. The number of rotatable bonds is 0. The van der Waals surface area contributed by atoms with E-state index in [2.05, 4.69) is 4.98 Å². The monoisotopic (exact) mass is 179 g/mol. The highest BCUT2D eigenvalue weighted by atomic mass is 32.1. The smallest absolute Gasteiger partial charge is 0.0835 e. The zero-order chi connectivity index (χ0) is 8.72. The molecule has 0 saturated carbocycles. The van der Waals surface area contributed by atoms with Crippen LogP contribution >= 0.6 is 11.3 Å². The van der Waals surface area contributed by atoms with Gasteiger partial charge in [-0.2, -0.15) is 0 Å². The van der Waals surface area contributed by atoms with E-state index in [0.717, 1.165) is 10.2 Å². The fourth-order valence-corrected chi connectivity index (χ4v) is 2.07. The van der Waals surface area contributed by atoms with Crippen molar-refractivity contribution in [3.63, 3.8) is 0 Å². The van der Waals surface area contributed by atoms with Gasteiger partial charge < -0.3 is 11.5 Å². The van der Waals surface area contributed by atoms with Crippen LogP contribution in [0.3, 0.4) is 0 Å². The van der Waals surface area contributed by atoms with Crippen LogP contribution in [0.2, 0.25) is 0 Å². The number of nitrogen functional groups attached to an aromatic ring is 2. The van der Waals surface area contributed by atoms with Gasteiger partial charge in [0.05, 0.1) is 27.8 Å². The van der Waals surface area contributed by atoms with Gasteiger partial charge in [0.2, 0.25) is 0 Å². The molecule has 3 nitrogen and oxygen atoms in total. The maximum atomic E-state index is 5.78. The van der Waals surface area contributed by atoms with Gasteiger partial charge in [-0.15, -0.1) is 11.3 Å². The predicted molar refractivity (Wildman–Crippen MR) is 53.2 cm³/mol. The first-order chi connectivity index (χ1) is 5.68. The molecule has 2 rings (SSSR count). The summed E-state index contributed by atoms with van der Waals surface area (Å²) in [7, 11) is 0. The number of aromatic nitrogens is 1. The third-order valence-corrected chi connectivity index (χ3v) is 2.81. The van der Waals surface area contributed by atoms with E-state index in [-0.39, 0.29) is 0 Å². The number of hydrogen-bond donors (Lipinski definition) is 2. The topological polar surface area (TPSA) is 64.9 Å². The number of thiophene rings is 1. The largest absolute Gasteiger partial charge is 0.396 e. The normalized spacial score (nSPS) is 10.8. The predicted octanol–water partition coefficient (Wildman–Crippen LogP) is 1.77. The van der Waals surface area contributed by atoms with Crippen LogP contribution in [0, 0.1) is 6.92 Å². The second kappa shape index (κ2) is 2.35. The standard InChI is InChI=1S/C8H9N3S/c1-4-2-6-8(12-4)7(10)5(9)3-11-6/h2-3H,9H2,1H3,(H2,10,11). The molecule has 0 atom stereocenters. The van der Waals surface area contributed by atoms with Gasteiger partial charge in [0.25, 0.3) is 0 Å². The van der Waals surface area contributed by atoms with Crippen LogP contribution in [0.25, 0.3) is 10.2 Å². The Morgan fingerprint density at radius 2 is 2.17 bits per heavy atom. The summed E-state index contributed by atoms with van der Waals surface area (Å²) in [4.78, 5) is 5.37. The summed E-state index contributed by atoms with van der Waals surface area (Å²) in [6.45, 7) is 2.03. The Bertz CT molecular complexity index is 433. The molecule has 62 valence electrons. The van der Waals surface area contributed by atoms with Crippen LogP contribution in [0.1, 0.15) is 4.88 Å². The molecule has 0 saturated heterocycles. The zero-order valence-electron chi connectivity index (χ0n) is 6.66. The van der Waals surface area contributed by atoms with Crippen molar-refractivity contribution in [1.82, 2.24) is 4.98 Å². The Hall–Kier alpha value is -1.29. The second-order valence-electron chi connectivity index (χ2n) is 2.70. The summed E-state index contributed by atoms with van der Waals surface area (Å²) in [6.07, 6.45) is 1.60. The third-order valence-electron chi connectivity index (χ3n) is 1.73. The number of fused-ring (bicyclic) bond motifs is 1. The van der Waals surface area contributed by atoms with Crippen molar-refractivity contribution in [2.24, 2.45) is 0 Å². The molecule has 12 heavy (non-hydrogen) atoms. The average Bonchev–Trinajstić information content (AvgIpc) is 2.39. The maximum absolute atomic E-state index is 5.78. The van der Waals surface area contributed by atoms with Crippen LogP contribution in [-0.2, 0) is 0 Å². The zero-order valence-corrected chi connectivity index (χ0v) is 7.48. The first kappa shape index (κ1) is 7.36. The lowest BCUT2D eigenvalue weighted by atomic mass is 10.3. The minimum Gasteiger partial charge on any atom is -0.396 e. The number of hydrogen-bond acceptors (Lipinski definition) is 4. The van der Waals surface area contributed by atoms with Crippen LogP contribution < -0.4 is 11.5 Å². The van der Waals surface area contributed by atoms with Crippen LogP contribution in [-0.4, -0.2) is 4.98 Å². The summed E-state index contributed by atoms with van der Waals surface area (Å²) in [5, 5.41) is 0. The molecule has 2 heterocycles. The molecule has 0 aliphatic heterocycles. The second-order valence-corrected chi connectivity index (χ2v) is 3.95. The minimum absolute atomic E-state index is 0.560. The number of nitrogens with zero attached hydrogens (tertiary/aromatic N) is 1. The highest BCUT2D eigenvalue weighted by molar-refractivity contribution is 7.19. The van der Waals surface area contributed by atoms with Crippen molar-refractivity contribution in [1.29, 1.82) is 0 Å². The molecule has 0 radical (unpaired) electrons. The maximum Gasteiger partial charge on any atom is 0.0835 e. The van der Waals surface area contributed by atoms with E-state index in [9.17, 15) is 0 Å². The Kier molecular flexibility index (Phi) is 1.44. The van der Waals surface area contributed by atoms with Crippen molar-refractivity contribution in [3.05, 3.63) is 17.1 Å². The molecule has 0 fully saturated rings. The van der Waals surface area contributed by atoms with Crippen molar-refractivity contribution in [2.45, 2.75) is 6.92 Å². The van der Waals surface area contributed by atoms with E-state index >= 15 is 0 Å². The molecule has 0 aliphatic carbocycles. The third kappa shape index (κ3) is 0.921. The van der Waals surface area contributed by atoms with Gasteiger partial charge in [-0.1, -0.05) is 0 Å². The number of aryl methyl sites for hydroxylation is 1. The summed E-state index contributed by atoms with van der Waals surface area (Å²) < 4.78 is 0.993. The van der Waals surface area contributed by atoms with Gasteiger partial charge in [0, 0.05) is 4.88 Å². The average molecular weight is 179 g/mol. The fraction of sp³-hybridized carbons (Fsp3) is 0.125. The molecule has 0 spiro atoms. The molecule has 0 bridgehead atoms. The van der Waals surface area contributed by atoms with Gasteiger partial charge in [0.1, 0.15) is 0 Å². The first-order valence-corrected chi connectivity index (χ1v) is 4.40. The number of pyridine rings is 1. The molecule has 2 aromatic rings. The van der Waals surface area contributed by atoms with Crippen LogP contribution in [0.4, 0.5) is 11.4 Å². The molecule has 0 unspecified atom stereocenters. The van der Waals surface area contributed by atoms with Crippen LogP contribution in [0.15, 0.2) is 12.3 Å². The summed E-state index contributed by atoms with van der Waals surface area (Å²) in [6, 6.07) is 2.01. The molecule has 4 heteroatoms. The quantitative estimate of drug-likeness (QED) is 0.647. The van der Waals surface area contributed by atoms with Crippen molar-refractivity contribution >= 4 is 32.9 Å². The highest BCUT2D eigenvalue weighted by Crippen LogP contribution is 2.31. The molecular weight excluding hydrogens is 170 g/mol. The Morgan fingerprint density at radius 1 is 1.42 bits per heavy atom. The van der Waals surface area contributed by atoms with E-state index < -0.39 is 0 Å². The number of anilines is 2. The highest BCUT2D eigenvalue weighted by Gasteiger charge is 2.05. The van der Waals surface area contributed by atoms with Gasteiger partial charge >= 0.3 is 0 Å². The van der Waals surface area contributed by atoms with Gasteiger partial charge in [0.15, 0.2) is 0 Å². The lowest BCUT2D eigenvalue weighted by molar-refractivity contribution is 1.42. The first-order valence-electron chi connectivity index (χ1n) is 3.58. The Morgan fingerprint density at radius 3 is 2.92 bits per heavy atom. The summed E-state index contributed by atoms with van der Waals surface area (Å²) in [5.74, 6) is 0. The van der Waals surface area contributed by atoms with Gasteiger partial charge in [-0.25, -0.2) is 0 Å². The lowest BCUT2D eigenvalue weighted by Gasteiger charge is -1.98. The molecule has 4 N–H and O–H groups in total.